The molecule has 2 rings (SSSR count). The van der Waals surface area contributed by atoms with Gasteiger partial charge in [0.1, 0.15) is 0 Å². The van der Waals surface area contributed by atoms with Crippen LogP contribution in [0.5, 0.6) is 0 Å². The molecule has 0 heterocycles. The lowest BCUT2D eigenvalue weighted by molar-refractivity contribution is -0.114. The van der Waals surface area contributed by atoms with Gasteiger partial charge in [0.15, 0.2) is 5.78 Å². The fraction of sp³-hybridized carbons (Fsp3) is 0.500. The van der Waals surface area contributed by atoms with Crippen LogP contribution < -0.4 is 0 Å². The second-order valence-corrected chi connectivity index (χ2v) is 12.5. The van der Waals surface area contributed by atoms with Gasteiger partial charge in [-0.3, -0.25) is 4.79 Å². The van der Waals surface area contributed by atoms with E-state index in [9.17, 15) is 4.79 Å². The van der Waals surface area contributed by atoms with Crippen molar-refractivity contribution in [3.8, 4) is 0 Å². The fourth-order valence-electron chi connectivity index (χ4n) is 2.79. The van der Waals surface area contributed by atoms with E-state index < -0.39 is 8.07 Å². The molecule has 0 spiro atoms. The summed E-state index contributed by atoms with van der Waals surface area (Å²) in [6, 6.07) is 10.7. The van der Waals surface area contributed by atoms with E-state index in [0.29, 0.717) is 23.5 Å². The standard InChI is InChI=1S/C18H26OSi/c1-18(15-8-6-5-7-9-15)14-16(18)10-11-17(19)12-13-20(2,3)4/h5-9,12-13,16H,10-11,14H2,1-4H3/b13-12+/t16-,18+/m1/s1. The Morgan fingerprint density at radius 1 is 1.30 bits per heavy atom. The Hall–Kier alpha value is -1.15. The molecule has 2 heteroatoms. The molecule has 0 N–H and O–H groups in total. The Morgan fingerprint density at radius 2 is 1.95 bits per heavy atom. The zero-order valence-electron chi connectivity index (χ0n) is 13.1. The van der Waals surface area contributed by atoms with E-state index in [-0.39, 0.29) is 0 Å². The summed E-state index contributed by atoms with van der Waals surface area (Å²) in [5, 5.41) is 0. The molecule has 0 aliphatic heterocycles. The zero-order valence-corrected chi connectivity index (χ0v) is 14.1. The number of rotatable bonds is 6. The lowest BCUT2D eigenvalue weighted by atomic mass is 9.94. The zero-order chi connectivity index (χ0) is 14.8. The van der Waals surface area contributed by atoms with Crippen LogP contribution in [-0.4, -0.2) is 13.9 Å². The number of carbonyl (C=O) groups is 1. The van der Waals surface area contributed by atoms with E-state index in [4.69, 9.17) is 0 Å². The quantitative estimate of drug-likeness (QED) is 0.545. The summed E-state index contributed by atoms with van der Waals surface area (Å²) in [5.74, 6) is 0.976. The minimum atomic E-state index is -1.24. The van der Waals surface area contributed by atoms with Crippen LogP contribution in [0.4, 0.5) is 0 Å². The van der Waals surface area contributed by atoms with Crippen LogP contribution in [0.2, 0.25) is 19.6 Å². The van der Waals surface area contributed by atoms with Gasteiger partial charge in [0.2, 0.25) is 0 Å². The molecule has 0 radical (unpaired) electrons. The molecule has 0 bridgehead atoms. The first-order valence-electron chi connectivity index (χ1n) is 7.59. The van der Waals surface area contributed by atoms with E-state index in [1.807, 2.05) is 6.08 Å². The molecular formula is C18H26OSi. The van der Waals surface area contributed by atoms with Gasteiger partial charge in [-0.25, -0.2) is 0 Å². The summed E-state index contributed by atoms with van der Waals surface area (Å²) in [6.07, 6.45) is 4.78. The minimum absolute atomic E-state index is 0.301. The molecule has 1 fully saturated rings. The number of allylic oxidation sites excluding steroid dienone is 1. The topological polar surface area (TPSA) is 17.1 Å². The van der Waals surface area contributed by atoms with Gasteiger partial charge in [0.25, 0.3) is 0 Å². The highest BCUT2D eigenvalue weighted by Gasteiger charge is 2.50. The van der Waals surface area contributed by atoms with E-state index in [1.165, 1.54) is 12.0 Å². The minimum Gasteiger partial charge on any atom is -0.295 e. The van der Waals surface area contributed by atoms with Crippen LogP contribution in [0.25, 0.3) is 0 Å². The molecule has 0 amide bonds. The Morgan fingerprint density at radius 3 is 2.55 bits per heavy atom. The van der Waals surface area contributed by atoms with Crippen molar-refractivity contribution in [1.82, 2.24) is 0 Å². The monoisotopic (exact) mass is 286 g/mol. The van der Waals surface area contributed by atoms with Crippen molar-refractivity contribution in [3.05, 3.63) is 47.7 Å². The second kappa shape index (κ2) is 5.69. The molecule has 1 aromatic carbocycles. The van der Waals surface area contributed by atoms with Crippen LogP contribution in [-0.2, 0) is 10.2 Å². The average molecular weight is 286 g/mol. The van der Waals surface area contributed by atoms with Crippen LogP contribution in [0.15, 0.2) is 42.1 Å². The predicted octanol–water partition coefficient (Wildman–Crippen LogP) is 4.75. The van der Waals surface area contributed by atoms with Crippen LogP contribution >= 0.6 is 0 Å². The number of benzene rings is 1. The molecule has 1 aliphatic carbocycles. The van der Waals surface area contributed by atoms with Crippen molar-refractivity contribution in [3.63, 3.8) is 0 Å². The third kappa shape index (κ3) is 3.92. The Kier molecular flexibility index (Phi) is 4.33. The molecule has 1 saturated carbocycles. The first-order chi connectivity index (χ1) is 9.31. The van der Waals surface area contributed by atoms with Gasteiger partial charge >= 0.3 is 0 Å². The van der Waals surface area contributed by atoms with E-state index in [0.717, 1.165) is 6.42 Å². The van der Waals surface area contributed by atoms with Crippen LogP contribution in [0.1, 0.15) is 31.7 Å². The Balaban J connectivity index is 1.83. The van der Waals surface area contributed by atoms with Crippen molar-refractivity contribution >= 4 is 13.9 Å². The molecule has 108 valence electrons. The smallest absolute Gasteiger partial charge is 0.155 e. The number of hydrogen-bond donors (Lipinski definition) is 0. The summed E-state index contributed by atoms with van der Waals surface area (Å²) in [5.41, 5.74) is 3.89. The van der Waals surface area contributed by atoms with Gasteiger partial charge < -0.3 is 0 Å². The molecule has 0 unspecified atom stereocenters. The highest BCUT2D eigenvalue weighted by atomic mass is 28.3. The largest absolute Gasteiger partial charge is 0.295 e. The van der Waals surface area contributed by atoms with Gasteiger partial charge in [-0.1, -0.05) is 62.6 Å². The highest BCUT2D eigenvalue weighted by Crippen LogP contribution is 2.56. The molecule has 1 nitrogen and oxygen atoms in total. The highest BCUT2D eigenvalue weighted by molar-refractivity contribution is 6.81. The summed E-state index contributed by atoms with van der Waals surface area (Å²) < 4.78 is 0. The van der Waals surface area contributed by atoms with E-state index >= 15 is 0 Å². The first kappa shape index (κ1) is 15.2. The lowest BCUT2D eigenvalue weighted by Crippen LogP contribution is -2.16. The number of carbonyl (C=O) groups excluding carboxylic acids is 1. The molecule has 0 aromatic heterocycles. The van der Waals surface area contributed by atoms with Gasteiger partial charge in [-0.05, 0) is 35.8 Å². The van der Waals surface area contributed by atoms with E-state index in [1.54, 1.807) is 0 Å². The molecule has 1 aromatic rings. The Bertz CT molecular complexity index is 498. The molecular weight excluding hydrogens is 260 g/mol. The molecule has 1 aliphatic rings. The maximum absolute atomic E-state index is 11.9. The van der Waals surface area contributed by atoms with Crippen molar-refractivity contribution in [2.75, 3.05) is 0 Å². The van der Waals surface area contributed by atoms with Gasteiger partial charge in [-0.15, -0.1) is 0 Å². The fourth-order valence-corrected chi connectivity index (χ4v) is 3.47. The lowest BCUT2D eigenvalue weighted by Gasteiger charge is -2.11. The molecule has 2 atom stereocenters. The maximum Gasteiger partial charge on any atom is 0.155 e. The van der Waals surface area contributed by atoms with Gasteiger partial charge in [0.05, 0.1) is 8.07 Å². The Labute approximate surface area is 124 Å². The summed E-state index contributed by atoms with van der Waals surface area (Å²) in [7, 11) is -1.24. The first-order valence-corrected chi connectivity index (χ1v) is 11.2. The van der Waals surface area contributed by atoms with Gasteiger partial charge in [0, 0.05) is 6.42 Å². The summed E-state index contributed by atoms with van der Waals surface area (Å²) in [6.45, 7) is 9.09. The van der Waals surface area contributed by atoms with Crippen molar-refractivity contribution in [1.29, 1.82) is 0 Å². The third-order valence-corrected chi connectivity index (χ3v) is 5.52. The third-order valence-electron chi connectivity index (χ3n) is 4.35. The average Bonchev–Trinajstić information content (AvgIpc) is 3.07. The van der Waals surface area contributed by atoms with Crippen LogP contribution in [0, 0.1) is 5.92 Å². The number of hydrogen-bond acceptors (Lipinski definition) is 1. The van der Waals surface area contributed by atoms with Crippen molar-refractivity contribution in [2.24, 2.45) is 5.92 Å². The summed E-state index contributed by atoms with van der Waals surface area (Å²) in [4.78, 5) is 11.9. The maximum atomic E-state index is 11.9. The van der Waals surface area contributed by atoms with E-state index in [2.05, 4.69) is 62.6 Å². The van der Waals surface area contributed by atoms with Crippen LogP contribution in [0.3, 0.4) is 0 Å². The second-order valence-electron chi connectivity index (χ2n) is 7.39. The number of ketones is 1. The molecule has 20 heavy (non-hydrogen) atoms. The summed E-state index contributed by atoms with van der Waals surface area (Å²) >= 11 is 0. The SMILES string of the molecule is C[C@@]1(c2ccccc2)C[C@H]1CCC(=O)/C=C/[Si](C)(C)C. The van der Waals surface area contributed by atoms with Gasteiger partial charge in [-0.2, -0.15) is 0 Å². The molecule has 0 saturated heterocycles. The normalized spacial score (nSPS) is 25.9. The van der Waals surface area contributed by atoms with Crippen molar-refractivity contribution < 1.29 is 4.79 Å². The predicted molar refractivity (Wildman–Crippen MR) is 88.6 cm³/mol. The van der Waals surface area contributed by atoms with Crippen molar-refractivity contribution in [2.45, 2.75) is 51.2 Å².